The quantitative estimate of drug-likeness (QED) is 0.521. The van der Waals surface area contributed by atoms with Gasteiger partial charge >= 0.3 is 0 Å². The number of nitrogens with zero attached hydrogens (tertiary/aromatic N) is 1. The summed E-state index contributed by atoms with van der Waals surface area (Å²) in [5, 5.41) is 6.50. The van der Waals surface area contributed by atoms with Gasteiger partial charge in [0, 0.05) is 24.2 Å². The summed E-state index contributed by atoms with van der Waals surface area (Å²) in [4.78, 5) is 34.1. The highest BCUT2D eigenvalue weighted by atomic mass is 16.2. The molecule has 0 aliphatic heterocycles. The number of benzene rings is 1. The molecule has 0 atom stereocenters. The average Bonchev–Trinajstić information content (AvgIpc) is 2.45. The van der Waals surface area contributed by atoms with Crippen LogP contribution in [0.3, 0.4) is 0 Å². The van der Waals surface area contributed by atoms with Crippen LogP contribution in [0.25, 0.3) is 0 Å². The standard InChI is InChI=1S/C16H22N4O3/c1-10-4-5-13(11(2)8-10)18-15(22)6-7-16(23)20-19-12(3)9-14(17)21/h4-5,8H,6-7,9H2,1-3H3,(H2,17,21)(H,18,22)(H,20,23)/b19-12-. The molecule has 7 heteroatoms. The fraction of sp³-hybridized carbons (Fsp3) is 0.375. The predicted molar refractivity (Wildman–Crippen MR) is 88.8 cm³/mol. The summed E-state index contributed by atoms with van der Waals surface area (Å²) in [5.41, 5.74) is 10.5. The molecule has 0 bridgehead atoms. The largest absolute Gasteiger partial charge is 0.369 e. The summed E-state index contributed by atoms with van der Waals surface area (Å²) in [6.45, 7) is 5.47. The molecule has 7 nitrogen and oxygen atoms in total. The van der Waals surface area contributed by atoms with Crippen molar-refractivity contribution < 1.29 is 14.4 Å². The van der Waals surface area contributed by atoms with Crippen LogP contribution in [0.15, 0.2) is 23.3 Å². The Morgan fingerprint density at radius 1 is 1.13 bits per heavy atom. The van der Waals surface area contributed by atoms with Crippen LogP contribution in [-0.4, -0.2) is 23.4 Å². The topological polar surface area (TPSA) is 114 Å². The van der Waals surface area contributed by atoms with Gasteiger partial charge in [-0.3, -0.25) is 14.4 Å². The highest BCUT2D eigenvalue weighted by Gasteiger charge is 2.08. The molecule has 23 heavy (non-hydrogen) atoms. The number of amides is 3. The maximum absolute atomic E-state index is 11.8. The van der Waals surface area contributed by atoms with Crippen molar-refractivity contribution >= 4 is 29.1 Å². The number of hydrazone groups is 1. The summed E-state index contributed by atoms with van der Waals surface area (Å²) >= 11 is 0. The predicted octanol–water partition coefficient (Wildman–Crippen LogP) is 1.39. The molecule has 0 radical (unpaired) electrons. The van der Waals surface area contributed by atoms with Crippen LogP contribution in [0, 0.1) is 13.8 Å². The number of anilines is 1. The fourth-order valence-corrected chi connectivity index (χ4v) is 1.90. The monoisotopic (exact) mass is 318 g/mol. The van der Waals surface area contributed by atoms with E-state index in [9.17, 15) is 14.4 Å². The third-order valence-corrected chi connectivity index (χ3v) is 3.04. The van der Waals surface area contributed by atoms with E-state index in [-0.39, 0.29) is 25.2 Å². The normalized spacial score (nSPS) is 11.0. The number of aryl methyl sites for hydroxylation is 2. The molecule has 0 unspecified atom stereocenters. The van der Waals surface area contributed by atoms with Crippen LogP contribution in [-0.2, 0) is 14.4 Å². The molecule has 0 heterocycles. The molecule has 4 N–H and O–H groups in total. The zero-order valence-corrected chi connectivity index (χ0v) is 13.6. The van der Waals surface area contributed by atoms with Crippen molar-refractivity contribution in [2.45, 2.75) is 40.0 Å². The Morgan fingerprint density at radius 2 is 1.78 bits per heavy atom. The van der Waals surface area contributed by atoms with Gasteiger partial charge in [0.1, 0.15) is 0 Å². The molecule has 1 aromatic rings. The first-order valence-corrected chi connectivity index (χ1v) is 7.25. The van der Waals surface area contributed by atoms with Gasteiger partial charge in [0.2, 0.25) is 17.7 Å². The van der Waals surface area contributed by atoms with Crippen molar-refractivity contribution in [1.82, 2.24) is 5.43 Å². The van der Waals surface area contributed by atoms with E-state index in [1.807, 2.05) is 32.0 Å². The average molecular weight is 318 g/mol. The van der Waals surface area contributed by atoms with Crippen molar-refractivity contribution in [2.75, 3.05) is 5.32 Å². The number of carbonyl (C=O) groups excluding carboxylic acids is 3. The minimum Gasteiger partial charge on any atom is -0.369 e. The van der Waals surface area contributed by atoms with E-state index in [0.717, 1.165) is 16.8 Å². The second kappa shape index (κ2) is 8.67. The van der Waals surface area contributed by atoms with Crippen molar-refractivity contribution in [3.05, 3.63) is 29.3 Å². The molecule has 3 amide bonds. The van der Waals surface area contributed by atoms with Gasteiger partial charge in [-0.15, -0.1) is 0 Å². The highest BCUT2D eigenvalue weighted by molar-refractivity contribution is 5.99. The lowest BCUT2D eigenvalue weighted by atomic mass is 10.1. The number of rotatable bonds is 7. The molecule has 1 aromatic carbocycles. The van der Waals surface area contributed by atoms with Gasteiger partial charge in [0.15, 0.2) is 0 Å². The number of carbonyl (C=O) groups is 3. The van der Waals surface area contributed by atoms with Crippen LogP contribution < -0.4 is 16.5 Å². The smallest absolute Gasteiger partial charge is 0.240 e. The van der Waals surface area contributed by atoms with Crippen LogP contribution >= 0.6 is 0 Å². The van der Waals surface area contributed by atoms with E-state index < -0.39 is 11.8 Å². The first-order chi connectivity index (χ1) is 10.8. The summed E-state index contributed by atoms with van der Waals surface area (Å²) in [7, 11) is 0. The number of nitrogens with two attached hydrogens (primary N) is 1. The third-order valence-electron chi connectivity index (χ3n) is 3.04. The second-order valence-corrected chi connectivity index (χ2v) is 5.39. The lowest BCUT2D eigenvalue weighted by molar-refractivity contribution is -0.124. The first-order valence-electron chi connectivity index (χ1n) is 7.25. The molecule has 0 aliphatic rings. The van der Waals surface area contributed by atoms with Crippen LogP contribution in [0.4, 0.5) is 5.69 Å². The van der Waals surface area contributed by atoms with E-state index in [2.05, 4.69) is 15.8 Å². The van der Waals surface area contributed by atoms with Gasteiger partial charge in [-0.05, 0) is 32.4 Å². The minimum atomic E-state index is -0.520. The molecule has 124 valence electrons. The number of hydrogen-bond acceptors (Lipinski definition) is 4. The molecule has 0 fully saturated rings. The Balaban J connectivity index is 2.41. The maximum atomic E-state index is 11.8. The van der Waals surface area contributed by atoms with Crippen molar-refractivity contribution in [3.8, 4) is 0 Å². The van der Waals surface area contributed by atoms with Crippen LogP contribution in [0.2, 0.25) is 0 Å². The Bertz CT molecular complexity index is 638. The van der Waals surface area contributed by atoms with E-state index in [1.54, 1.807) is 6.92 Å². The summed E-state index contributed by atoms with van der Waals surface area (Å²) in [5.74, 6) is -1.16. The van der Waals surface area contributed by atoms with Crippen molar-refractivity contribution in [3.63, 3.8) is 0 Å². The van der Waals surface area contributed by atoms with Gasteiger partial charge in [-0.1, -0.05) is 17.7 Å². The Hall–Kier alpha value is -2.70. The Morgan fingerprint density at radius 3 is 2.39 bits per heavy atom. The summed E-state index contributed by atoms with van der Waals surface area (Å²) < 4.78 is 0. The molecule has 0 aromatic heterocycles. The van der Waals surface area contributed by atoms with E-state index in [4.69, 9.17) is 5.73 Å². The van der Waals surface area contributed by atoms with E-state index in [1.165, 1.54) is 0 Å². The van der Waals surface area contributed by atoms with E-state index in [0.29, 0.717) is 5.71 Å². The molecule has 0 aliphatic carbocycles. The van der Waals surface area contributed by atoms with Gasteiger partial charge in [0.25, 0.3) is 0 Å². The molecule has 0 saturated carbocycles. The summed E-state index contributed by atoms with van der Waals surface area (Å²) in [6, 6.07) is 5.71. The van der Waals surface area contributed by atoms with Crippen LogP contribution in [0.1, 0.15) is 37.3 Å². The number of nitrogens with one attached hydrogen (secondary N) is 2. The fourth-order valence-electron chi connectivity index (χ4n) is 1.90. The second-order valence-electron chi connectivity index (χ2n) is 5.39. The van der Waals surface area contributed by atoms with Gasteiger partial charge in [-0.2, -0.15) is 5.10 Å². The van der Waals surface area contributed by atoms with Gasteiger partial charge in [0.05, 0.1) is 6.42 Å². The zero-order chi connectivity index (χ0) is 17.4. The summed E-state index contributed by atoms with van der Waals surface area (Å²) in [6.07, 6.45) is 0.0289. The molecule has 1 rings (SSSR count). The first kappa shape index (κ1) is 18.3. The molecule has 0 saturated heterocycles. The number of primary amides is 1. The zero-order valence-electron chi connectivity index (χ0n) is 13.6. The third kappa shape index (κ3) is 7.21. The van der Waals surface area contributed by atoms with Gasteiger partial charge < -0.3 is 11.1 Å². The molecular formula is C16H22N4O3. The van der Waals surface area contributed by atoms with E-state index >= 15 is 0 Å². The lowest BCUT2D eigenvalue weighted by Gasteiger charge is -2.09. The molecule has 0 spiro atoms. The number of hydrogen-bond donors (Lipinski definition) is 3. The highest BCUT2D eigenvalue weighted by Crippen LogP contribution is 2.16. The SMILES string of the molecule is C/C(CC(N)=O)=N/NC(=O)CCC(=O)Nc1ccc(C)cc1C. The minimum absolute atomic E-state index is 0.00406. The lowest BCUT2D eigenvalue weighted by Crippen LogP contribution is -2.23. The Kier molecular flexibility index (Phi) is 6.92. The molecular weight excluding hydrogens is 296 g/mol. The Labute approximate surface area is 135 Å². The van der Waals surface area contributed by atoms with Crippen LogP contribution in [0.5, 0.6) is 0 Å². The van der Waals surface area contributed by atoms with Crippen molar-refractivity contribution in [2.24, 2.45) is 10.8 Å². The van der Waals surface area contributed by atoms with Crippen molar-refractivity contribution in [1.29, 1.82) is 0 Å². The maximum Gasteiger partial charge on any atom is 0.240 e. The van der Waals surface area contributed by atoms with Gasteiger partial charge in [-0.25, -0.2) is 5.43 Å².